The van der Waals surface area contributed by atoms with Crippen molar-refractivity contribution in [1.29, 1.82) is 0 Å². The molecule has 0 spiro atoms. The minimum atomic E-state index is 0.143. The standard InChI is InChI=1S/C49H89N37/c1-57-20-2-8-33-71-40(82-45(76-33)64-27-15-51)59-22-4-10-35-73-42(84-47(78-35)66-29-17-53)61-24-6-12-37-75-44(86-49(80-37)68-31-19-55)62-25-7-13-36-74-43(85-48(79-36)67-30-18-54)60-23-5-11-34-72-41(83-46(77-34)65-28-16-52)58-21-3-9-32-69-38(56)81-39(70-32)63-26-14-50/h57H,2-31,50-55H2,1H3,(H3,56,63,69,70,81)(H2,58,65,72,77,83)(H2,59,64,71,76,82)(H2,60,67,74,79,85)(H2,61,66,73,78,84)(H2,62,68,75,80,86). The number of nitrogen functional groups attached to an aromatic ring is 1. The van der Waals surface area contributed by atoms with Crippen molar-refractivity contribution in [2.45, 2.75) is 77.0 Å². The SMILES string of the molecule is CNCCCc1nc(NCCN)nc(NCCCc2nc(NCCN)nc(NCCCc3nc(=NCCCc4nc(NCCN)nc(NCCCc5nc(NCCN)nc(NCCCc6nc(N)nc(NCCN)n6)n5)n4)nc(NCCN)[nH]3)n2)n1. The Balaban J connectivity index is 0.999. The summed E-state index contributed by atoms with van der Waals surface area (Å²) in [6.07, 6.45) is 7.72. The lowest BCUT2D eigenvalue weighted by molar-refractivity contribution is 0.698. The van der Waals surface area contributed by atoms with E-state index >= 15 is 0 Å². The van der Waals surface area contributed by atoms with Gasteiger partial charge in [0.25, 0.3) is 0 Å². The Morgan fingerprint density at radius 1 is 0.314 bits per heavy atom. The highest BCUT2D eigenvalue weighted by Gasteiger charge is 2.13. The van der Waals surface area contributed by atoms with E-state index in [1.54, 1.807) is 0 Å². The summed E-state index contributed by atoms with van der Waals surface area (Å²) in [7, 11) is 1.92. The number of nitrogens with zero attached hydrogens (tertiary/aromatic N) is 18. The Bertz CT molecular complexity index is 2940. The van der Waals surface area contributed by atoms with Crippen LogP contribution < -0.4 is 104 Å². The van der Waals surface area contributed by atoms with Crippen LogP contribution in [0.5, 0.6) is 0 Å². The first-order valence-corrected chi connectivity index (χ1v) is 29.4. The molecule has 6 aromatic heterocycles. The Kier molecular flexibility index (Phi) is 30.2. The molecule has 0 saturated heterocycles. The average molecular weight is 1200 g/mol. The van der Waals surface area contributed by atoms with Gasteiger partial charge in [-0.25, -0.2) is 4.99 Å². The van der Waals surface area contributed by atoms with Crippen LogP contribution in [0.3, 0.4) is 0 Å². The molecule has 0 aliphatic heterocycles. The molecule has 86 heavy (non-hydrogen) atoms. The molecule has 0 aliphatic rings. The summed E-state index contributed by atoms with van der Waals surface area (Å²) in [6.45, 7) is 9.10. The molecule has 37 nitrogen and oxygen atoms in total. The van der Waals surface area contributed by atoms with Gasteiger partial charge in [-0.2, -0.15) is 84.7 Å². The van der Waals surface area contributed by atoms with Gasteiger partial charge in [0.1, 0.15) is 34.9 Å². The third-order valence-electron chi connectivity index (χ3n) is 11.8. The number of anilines is 11. The predicted molar refractivity (Wildman–Crippen MR) is 333 cm³/mol. The fourth-order valence-electron chi connectivity index (χ4n) is 7.84. The van der Waals surface area contributed by atoms with Gasteiger partial charge in [0.15, 0.2) is 0 Å². The van der Waals surface area contributed by atoms with E-state index in [0.29, 0.717) is 282 Å². The van der Waals surface area contributed by atoms with E-state index < -0.39 is 0 Å². The maximum atomic E-state index is 5.89. The van der Waals surface area contributed by atoms with E-state index in [2.05, 4.69) is 133 Å². The highest BCUT2D eigenvalue weighted by atomic mass is 15.3. The molecular formula is C49H89N37. The van der Waals surface area contributed by atoms with Gasteiger partial charge in [0.05, 0.1) is 0 Å². The summed E-state index contributed by atoms with van der Waals surface area (Å²) < 4.78 is 0. The van der Waals surface area contributed by atoms with Gasteiger partial charge >= 0.3 is 0 Å². The number of nitrogens with one attached hydrogen (secondary N) is 12. The molecule has 0 radical (unpaired) electrons. The van der Waals surface area contributed by atoms with Crippen LogP contribution in [0, 0.1) is 0 Å². The fraction of sp³-hybridized carbons (Fsp3) is 0.633. The van der Waals surface area contributed by atoms with Crippen LogP contribution in [-0.4, -0.2) is 215 Å². The third kappa shape index (κ3) is 25.7. The van der Waals surface area contributed by atoms with E-state index in [1.165, 1.54) is 0 Å². The second kappa shape index (κ2) is 39.1. The summed E-state index contributed by atoms with van der Waals surface area (Å²) in [6, 6.07) is 0. The zero-order chi connectivity index (χ0) is 60.8. The van der Waals surface area contributed by atoms with Crippen molar-refractivity contribution in [2.75, 3.05) is 184 Å². The quantitative estimate of drug-likeness (QED) is 0.0164. The smallest absolute Gasteiger partial charge is 0.249 e. The van der Waals surface area contributed by atoms with E-state index in [-0.39, 0.29) is 5.95 Å². The summed E-state index contributed by atoms with van der Waals surface area (Å²) in [5, 5.41) is 35.4. The van der Waals surface area contributed by atoms with E-state index in [9.17, 15) is 0 Å². The molecule has 0 amide bonds. The fourth-order valence-corrected chi connectivity index (χ4v) is 7.84. The lowest BCUT2D eigenvalue weighted by Crippen LogP contribution is -2.23. The lowest BCUT2D eigenvalue weighted by atomic mass is 10.3. The van der Waals surface area contributed by atoms with Gasteiger partial charge in [-0.3, -0.25) is 0 Å². The van der Waals surface area contributed by atoms with Crippen LogP contribution in [0.1, 0.15) is 73.5 Å². The Morgan fingerprint density at radius 3 is 0.977 bits per heavy atom. The molecule has 6 rings (SSSR count). The largest absolute Gasteiger partial charge is 0.368 e. The highest BCUT2D eigenvalue weighted by molar-refractivity contribution is 5.38. The van der Waals surface area contributed by atoms with Gasteiger partial charge < -0.3 is 104 Å². The first kappa shape index (κ1) is 66.5. The average Bonchev–Trinajstić information content (AvgIpc) is 3.72. The number of H-pyrrole nitrogens is 1. The molecule has 0 aromatic carbocycles. The maximum Gasteiger partial charge on any atom is 0.249 e. The lowest BCUT2D eigenvalue weighted by Gasteiger charge is -2.11. The Labute approximate surface area is 499 Å². The number of rotatable bonds is 46. The summed E-state index contributed by atoms with van der Waals surface area (Å²) in [5.74, 6) is 8.43. The number of hydrogen-bond donors (Lipinski definition) is 19. The van der Waals surface area contributed by atoms with E-state index in [1.807, 2.05) is 7.05 Å². The predicted octanol–water partition coefficient (Wildman–Crippen LogP) is -3.60. The number of nitrogens with two attached hydrogens (primary N) is 7. The van der Waals surface area contributed by atoms with Crippen molar-refractivity contribution in [3.63, 3.8) is 0 Å². The summed E-state index contributed by atoms with van der Waals surface area (Å²) in [5.41, 5.74) is 40.7. The first-order chi connectivity index (χ1) is 42.2. The molecule has 0 aliphatic carbocycles. The first-order valence-electron chi connectivity index (χ1n) is 29.4. The van der Waals surface area contributed by atoms with Crippen LogP contribution in [-0.2, 0) is 38.5 Å². The topological polar surface area (TPSA) is 562 Å². The van der Waals surface area contributed by atoms with Crippen LogP contribution >= 0.6 is 0 Å². The highest BCUT2D eigenvalue weighted by Crippen LogP contribution is 2.14. The van der Waals surface area contributed by atoms with Gasteiger partial charge in [-0.15, -0.1) is 0 Å². The summed E-state index contributed by atoms with van der Waals surface area (Å²) >= 11 is 0. The molecule has 0 fully saturated rings. The van der Waals surface area contributed by atoms with Crippen LogP contribution in [0.4, 0.5) is 65.4 Å². The minimum absolute atomic E-state index is 0.143. The molecule has 0 bridgehead atoms. The molecular weight excluding hydrogens is 1110 g/mol. The number of aromatic nitrogens is 18. The second-order valence-corrected chi connectivity index (χ2v) is 19.1. The van der Waals surface area contributed by atoms with E-state index in [4.69, 9.17) is 60.1 Å². The zero-order valence-electron chi connectivity index (χ0n) is 49.3. The molecule has 470 valence electrons. The molecule has 0 saturated carbocycles. The maximum absolute atomic E-state index is 5.89. The molecule has 26 N–H and O–H groups in total. The number of aromatic amines is 1. The van der Waals surface area contributed by atoms with Gasteiger partial charge in [0, 0.05) is 150 Å². The number of hydrogen-bond acceptors (Lipinski definition) is 36. The van der Waals surface area contributed by atoms with Gasteiger partial charge in [-0.1, -0.05) is 0 Å². The Hall–Kier alpha value is -8.62. The molecule has 6 heterocycles. The molecule has 6 aromatic rings. The normalized spacial score (nSPS) is 11.4. The van der Waals surface area contributed by atoms with Crippen molar-refractivity contribution >= 4 is 65.4 Å². The zero-order valence-corrected chi connectivity index (χ0v) is 49.3. The van der Waals surface area contributed by atoms with Crippen LogP contribution in [0.2, 0.25) is 0 Å². The van der Waals surface area contributed by atoms with Gasteiger partial charge in [0.2, 0.25) is 71.0 Å². The second-order valence-electron chi connectivity index (χ2n) is 19.1. The van der Waals surface area contributed by atoms with Crippen LogP contribution in [0.15, 0.2) is 4.99 Å². The van der Waals surface area contributed by atoms with Crippen molar-refractivity contribution in [3.05, 3.63) is 40.6 Å². The summed E-state index contributed by atoms with van der Waals surface area (Å²) in [4.78, 5) is 85.7. The third-order valence-corrected chi connectivity index (χ3v) is 11.8. The van der Waals surface area contributed by atoms with Crippen molar-refractivity contribution in [2.24, 2.45) is 39.4 Å². The van der Waals surface area contributed by atoms with Crippen molar-refractivity contribution in [3.8, 4) is 0 Å². The van der Waals surface area contributed by atoms with Crippen molar-refractivity contribution < 1.29 is 0 Å². The van der Waals surface area contributed by atoms with Crippen molar-refractivity contribution in [1.82, 2.24) is 95.0 Å². The molecule has 37 heteroatoms. The van der Waals surface area contributed by atoms with Crippen LogP contribution in [0.25, 0.3) is 0 Å². The molecule has 0 unspecified atom stereocenters. The number of aryl methyl sites for hydroxylation is 6. The minimum Gasteiger partial charge on any atom is -0.368 e. The van der Waals surface area contributed by atoms with E-state index in [0.717, 1.165) is 13.0 Å². The monoisotopic (exact) mass is 1200 g/mol. The molecule has 0 atom stereocenters. The van der Waals surface area contributed by atoms with Gasteiger partial charge in [-0.05, 0) is 52.1 Å². The Morgan fingerprint density at radius 2 is 0.616 bits per heavy atom.